The normalized spacial score (nSPS) is 25.7. The molecular weight excluding hydrogens is 755 g/mol. The Morgan fingerprint density at radius 1 is 0.585 bits per heavy atom. The van der Waals surface area contributed by atoms with E-state index < -0.39 is 0 Å². The number of aliphatic hydroxyl groups is 2. The van der Waals surface area contributed by atoms with Crippen LogP contribution in [0, 0.1) is 6.92 Å². The highest BCUT2D eigenvalue weighted by atomic mass is 35.5. The van der Waals surface area contributed by atoms with Gasteiger partial charge < -0.3 is 33.9 Å². The molecule has 6 rings (SSSR count). The molecular formula is C40H68Cl2N2O7S2. The van der Waals surface area contributed by atoms with Gasteiger partial charge in [-0.25, -0.2) is 0 Å². The van der Waals surface area contributed by atoms with Crippen LogP contribution in [0.1, 0.15) is 80.9 Å². The van der Waals surface area contributed by atoms with Gasteiger partial charge in [0.05, 0.1) is 59.0 Å². The monoisotopic (exact) mass is 822 g/mol. The average molecular weight is 824 g/mol. The van der Waals surface area contributed by atoms with Crippen molar-refractivity contribution >= 4 is 51.8 Å². The minimum atomic E-state index is -0.158. The SMILES string of the molecule is COc1ccc(CCO[C@@H]2CCCC[C@H]2N2CC[C@@H](O)C2)cc1OC.COc1ccc(CCO[C@H]2CCCC[C@@H]2N2CC[C@@H](O)C2)cc1C.Cl.Cl.S.S. The summed E-state index contributed by atoms with van der Waals surface area (Å²) in [5.74, 6) is 2.47. The number of likely N-dealkylation sites (tertiary alicyclic amines) is 2. The zero-order valence-electron chi connectivity index (χ0n) is 32.3. The summed E-state index contributed by atoms with van der Waals surface area (Å²) in [6.07, 6.45) is 13.7. The molecule has 2 saturated carbocycles. The van der Waals surface area contributed by atoms with Crippen LogP contribution in [-0.2, 0) is 22.3 Å². The second-order valence-electron chi connectivity index (χ2n) is 14.4. The van der Waals surface area contributed by atoms with E-state index in [0.717, 1.165) is 88.6 Å². The summed E-state index contributed by atoms with van der Waals surface area (Å²) in [5.41, 5.74) is 3.68. The number of nitrogens with zero attached hydrogens (tertiary/aromatic N) is 2. The Balaban J connectivity index is 0.000000493. The zero-order valence-corrected chi connectivity index (χ0v) is 35.9. The van der Waals surface area contributed by atoms with Crippen molar-refractivity contribution in [3.63, 3.8) is 0 Å². The second kappa shape index (κ2) is 25.9. The summed E-state index contributed by atoms with van der Waals surface area (Å²) in [4.78, 5) is 4.89. The molecule has 0 aromatic heterocycles. The Morgan fingerprint density at radius 2 is 1.02 bits per heavy atom. The number of halogens is 2. The summed E-state index contributed by atoms with van der Waals surface area (Å²) in [6.45, 7) is 7.21. The third-order valence-electron chi connectivity index (χ3n) is 11.0. The molecule has 2 aliphatic carbocycles. The lowest BCUT2D eigenvalue weighted by Gasteiger charge is -2.37. The molecule has 2 N–H and O–H groups in total. The van der Waals surface area contributed by atoms with E-state index >= 15 is 0 Å². The van der Waals surface area contributed by atoms with Gasteiger partial charge in [0.2, 0.25) is 0 Å². The highest BCUT2D eigenvalue weighted by molar-refractivity contribution is 7.59. The maximum absolute atomic E-state index is 9.83. The van der Waals surface area contributed by atoms with Crippen LogP contribution in [-0.4, -0.2) is 117 Å². The molecule has 306 valence electrons. The number of β-amino-alcohol motifs (C(OH)–C–C–N with tert-alkyl or cyclic N) is 2. The summed E-state index contributed by atoms with van der Waals surface area (Å²) in [5, 5.41) is 19.6. The van der Waals surface area contributed by atoms with E-state index in [4.69, 9.17) is 23.7 Å². The van der Waals surface area contributed by atoms with Gasteiger partial charge in [0, 0.05) is 38.3 Å². The van der Waals surface area contributed by atoms with Gasteiger partial charge in [0.1, 0.15) is 5.75 Å². The molecule has 4 fully saturated rings. The van der Waals surface area contributed by atoms with Gasteiger partial charge in [0.25, 0.3) is 0 Å². The van der Waals surface area contributed by atoms with E-state index in [9.17, 15) is 10.2 Å². The van der Waals surface area contributed by atoms with Crippen molar-refractivity contribution < 1.29 is 33.9 Å². The van der Waals surface area contributed by atoms with Crippen LogP contribution in [0.15, 0.2) is 36.4 Å². The Morgan fingerprint density at radius 3 is 1.43 bits per heavy atom. The molecule has 0 unspecified atom stereocenters. The van der Waals surface area contributed by atoms with Crippen LogP contribution < -0.4 is 14.2 Å². The molecule has 0 amide bonds. The zero-order chi connectivity index (χ0) is 34.6. The predicted molar refractivity (Wildman–Crippen MR) is 228 cm³/mol. The fourth-order valence-corrected chi connectivity index (χ4v) is 8.31. The molecule has 13 heteroatoms. The molecule has 0 spiro atoms. The average Bonchev–Trinajstić information content (AvgIpc) is 3.76. The molecule has 2 aromatic rings. The van der Waals surface area contributed by atoms with Crippen molar-refractivity contribution in [1.29, 1.82) is 0 Å². The van der Waals surface area contributed by atoms with Crippen LogP contribution >= 0.6 is 51.8 Å². The molecule has 2 aromatic carbocycles. The van der Waals surface area contributed by atoms with E-state index in [2.05, 4.69) is 34.9 Å². The number of ether oxygens (including phenoxy) is 5. The Labute approximate surface area is 345 Å². The van der Waals surface area contributed by atoms with Crippen molar-refractivity contribution in [3.05, 3.63) is 53.1 Å². The van der Waals surface area contributed by atoms with Crippen LogP contribution in [0.5, 0.6) is 17.2 Å². The summed E-state index contributed by atoms with van der Waals surface area (Å²) < 4.78 is 28.6. The predicted octanol–water partition coefficient (Wildman–Crippen LogP) is 6.65. The fourth-order valence-electron chi connectivity index (χ4n) is 8.31. The molecule has 53 heavy (non-hydrogen) atoms. The molecule has 0 radical (unpaired) electrons. The number of aliphatic hydroxyl groups excluding tert-OH is 2. The molecule has 2 aliphatic heterocycles. The first-order valence-corrected chi connectivity index (χ1v) is 18.8. The number of benzene rings is 2. The number of hydrogen-bond donors (Lipinski definition) is 2. The van der Waals surface area contributed by atoms with Crippen molar-refractivity contribution in [2.45, 2.75) is 120 Å². The number of aryl methyl sites for hydroxylation is 1. The first kappa shape index (κ1) is 49.9. The third kappa shape index (κ3) is 14.7. The number of hydrogen-bond acceptors (Lipinski definition) is 9. The Bertz CT molecular complexity index is 1300. The van der Waals surface area contributed by atoms with Crippen molar-refractivity contribution in [3.8, 4) is 17.2 Å². The largest absolute Gasteiger partial charge is 0.496 e. The highest BCUT2D eigenvalue weighted by Crippen LogP contribution is 2.31. The molecule has 0 bridgehead atoms. The van der Waals surface area contributed by atoms with Crippen LogP contribution in [0.3, 0.4) is 0 Å². The molecule has 9 nitrogen and oxygen atoms in total. The summed E-state index contributed by atoms with van der Waals surface area (Å²) >= 11 is 0. The second-order valence-corrected chi connectivity index (χ2v) is 14.4. The van der Waals surface area contributed by atoms with Gasteiger partial charge in [-0.2, -0.15) is 27.0 Å². The van der Waals surface area contributed by atoms with Crippen molar-refractivity contribution in [2.75, 3.05) is 60.7 Å². The minimum absolute atomic E-state index is 0. The van der Waals surface area contributed by atoms with Crippen LogP contribution in [0.25, 0.3) is 0 Å². The molecule has 2 saturated heterocycles. The quantitative estimate of drug-likeness (QED) is 0.231. The lowest BCUT2D eigenvalue weighted by atomic mass is 9.91. The lowest BCUT2D eigenvalue weighted by molar-refractivity contribution is -0.0317. The van der Waals surface area contributed by atoms with Crippen molar-refractivity contribution in [1.82, 2.24) is 9.80 Å². The smallest absolute Gasteiger partial charge is 0.160 e. The van der Waals surface area contributed by atoms with Gasteiger partial charge >= 0.3 is 0 Å². The number of methoxy groups -OCH3 is 3. The number of rotatable bonds is 13. The van der Waals surface area contributed by atoms with Crippen LogP contribution in [0.4, 0.5) is 0 Å². The van der Waals surface area contributed by atoms with Crippen LogP contribution in [0.2, 0.25) is 0 Å². The summed E-state index contributed by atoms with van der Waals surface area (Å²) in [7, 11) is 5.03. The van der Waals surface area contributed by atoms with E-state index in [1.54, 1.807) is 21.3 Å². The lowest BCUT2D eigenvalue weighted by Crippen LogP contribution is -2.46. The first-order chi connectivity index (χ1) is 23.9. The third-order valence-corrected chi connectivity index (χ3v) is 11.0. The summed E-state index contributed by atoms with van der Waals surface area (Å²) in [6, 6.07) is 13.4. The van der Waals surface area contributed by atoms with Gasteiger partial charge in [-0.1, -0.05) is 43.9 Å². The maximum atomic E-state index is 9.83. The molecule has 4 aliphatic rings. The van der Waals surface area contributed by atoms with Crippen molar-refractivity contribution in [2.24, 2.45) is 0 Å². The standard InChI is InChI=1S/C20H31NO4.C20H31NO3.2ClH.2H2S/c1-23-19-8-7-15(13-20(19)24-2)10-12-25-18-6-4-3-5-17(18)21-11-9-16(22)14-21;1-15-13-16(7-8-19(15)23-2)10-12-24-20-6-4-3-5-18(20)21-11-9-17(22)14-21;;;;/h7-8,13,16-18,22H,3-6,9-12,14H2,1-2H3;7-8,13,17-18,20,22H,3-6,9-12,14H2,1-2H3;2*1H;2*1H2/t16-,17-,18-;17-,18+,20+;;;;/m11..../s1. The van der Waals surface area contributed by atoms with E-state index in [1.165, 1.54) is 55.2 Å². The Kier molecular flexibility index (Phi) is 24.4. The highest BCUT2D eigenvalue weighted by Gasteiger charge is 2.35. The fraction of sp³-hybridized carbons (Fsp3) is 0.700. The van der Waals surface area contributed by atoms with E-state index in [0.29, 0.717) is 30.9 Å². The molecule has 6 atom stereocenters. The first-order valence-electron chi connectivity index (χ1n) is 18.8. The van der Waals surface area contributed by atoms with Gasteiger partial charge in [-0.15, -0.1) is 24.8 Å². The van der Waals surface area contributed by atoms with Gasteiger partial charge in [-0.3, -0.25) is 9.80 Å². The van der Waals surface area contributed by atoms with Gasteiger partial charge in [0.15, 0.2) is 11.5 Å². The van der Waals surface area contributed by atoms with E-state index in [-0.39, 0.29) is 64.0 Å². The minimum Gasteiger partial charge on any atom is -0.496 e. The van der Waals surface area contributed by atoms with Gasteiger partial charge in [-0.05, 0) is 93.2 Å². The van der Waals surface area contributed by atoms with E-state index in [1.807, 2.05) is 18.2 Å². The molecule has 2 heterocycles. The Hall–Kier alpha value is -1.12. The topological polar surface area (TPSA) is 93.1 Å². The maximum Gasteiger partial charge on any atom is 0.160 e.